The fourth-order valence-electron chi connectivity index (χ4n) is 2.12. The summed E-state index contributed by atoms with van der Waals surface area (Å²) in [6.07, 6.45) is 0. The van der Waals surface area contributed by atoms with Gasteiger partial charge in [-0.15, -0.1) is 0 Å². The minimum absolute atomic E-state index is 0.0431. The number of benzene rings is 2. The second kappa shape index (κ2) is 8.48. The number of nitrogens with zero attached hydrogens (tertiary/aromatic N) is 3. The maximum atomic E-state index is 13.4. The molecule has 0 saturated carbocycles. The number of nitriles is 1. The van der Waals surface area contributed by atoms with E-state index in [9.17, 15) is 4.39 Å². The predicted molar refractivity (Wildman–Crippen MR) is 90.4 cm³/mol. The van der Waals surface area contributed by atoms with Crippen LogP contribution in [0.25, 0.3) is 0 Å². The van der Waals surface area contributed by atoms with Crippen molar-refractivity contribution in [1.29, 1.82) is 5.26 Å². The van der Waals surface area contributed by atoms with E-state index in [4.69, 9.17) is 19.5 Å². The fourth-order valence-corrected chi connectivity index (χ4v) is 2.12. The van der Waals surface area contributed by atoms with Gasteiger partial charge < -0.3 is 14.2 Å². The Morgan fingerprint density at radius 3 is 2.44 bits per heavy atom. The van der Waals surface area contributed by atoms with Crippen LogP contribution in [0.15, 0.2) is 40.3 Å². The number of rotatable bonds is 6. The molecule has 2 rings (SSSR count). The lowest BCUT2D eigenvalue weighted by Gasteiger charge is -2.07. The minimum atomic E-state index is -0.577. The minimum Gasteiger partial charge on any atom is -0.497 e. The van der Waals surface area contributed by atoms with Crippen LogP contribution in [-0.2, 0) is 6.54 Å². The second-order valence-electron chi connectivity index (χ2n) is 4.82. The van der Waals surface area contributed by atoms with Crippen LogP contribution < -0.4 is 14.2 Å². The van der Waals surface area contributed by atoms with Gasteiger partial charge in [-0.2, -0.15) is 10.3 Å². The number of halogens is 1. The number of hydrogen-bond donors (Lipinski definition) is 0. The highest BCUT2D eigenvalue weighted by molar-refractivity contribution is 5.67. The summed E-state index contributed by atoms with van der Waals surface area (Å²) in [5.74, 6) is 0.864. The number of methoxy groups -OCH3 is 3. The molecule has 0 bridgehead atoms. The monoisotopic (exact) mass is 341 g/mol. The molecular weight excluding hydrogens is 325 g/mol. The van der Waals surface area contributed by atoms with Crippen molar-refractivity contribution in [3.8, 4) is 23.3 Å². The summed E-state index contributed by atoms with van der Waals surface area (Å²) < 4.78 is 28.9. The van der Waals surface area contributed by atoms with E-state index < -0.39 is 5.82 Å². The standard InChI is InChI=1S/C18H16FN3O3/c1-23-15-5-4-12(16(8-15)24-2)10-21-11-22-18-13(9-20)6-14(19)7-17(18)25-3/h4-8H,10H2,1-3H3. The van der Waals surface area contributed by atoms with Gasteiger partial charge in [0.15, 0.2) is 0 Å². The van der Waals surface area contributed by atoms with Gasteiger partial charge in [0, 0.05) is 17.7 Å². The van der Waals surface area contributed by atoms with Gasteiger partial charge in [0.05, 0.1) is 39.4 Å². The van der Waals surface area contributed by atoms with Gasteiger partial charge in [-0.05, 0) is 18.2 Å². The lowest BCUT2D eigenvalue weighted by molar-refractivity contribution is 0.391. The van der Waals surface area contributed by atoms with Gasteiger partial charge in [0.2, 0.25) is 0 Å². The molecule has 0 aliphatic heterocycles. The van der Waals surface area contributed by atoms with E-state index in [1.54, 1.807) is 26.4 Å². The normalized spacial score (nSPS) is 9.56. The average Bonchev–Trinajstić information content (AvgIpc) is 2.65. The van der Waals surface area contributed by atoms with E-state index in [-0.39, 0.29) is 23.5 Å². The first-order valence-corrected chi connectivity index (χ1v) is 7.23. The van der Waals surface area contributed by atoms with Crippen molar-refractivity contribution in [2.24, 2.45) is 9.98 Å². The molecule has 0 saturated heterocycles. The summed E-state index contributed by atoms with van der Waals surface area (Å²) in [6.45, 7) is 0.266. The smallest absolute Gasteiger partial charge is 0.149 e. The Balaban J connectivity index is 2.28. The molecule has 6 nitrogen and oxygen atoms in total. The van der Waals surface area contributed by atoms with Crippen molar-refractivity contribution in [1.82, 2.24) is 0 Å². The zero-order valence-electron chi connectivity index (χ0n) is 14.0. The molecule has 7 heteroatoms. The first kappa shape index (κ1) is 18.0. The largest absolute Gasteiger partial charge is 0.497 e. The molecule has 0 spiro atoms. The summed E-state index contributed by atoms with van der Waals surface area (Å²) in [5, 5.41) is 9.10. The van der Waals surface area contributed by atoms with Crippen LogP contribution in [0.1, 0.15) is 11.1 Å². The molecule has 0 heterocycles. The van der Waals surface area contributed by atoms with Crippen molar-refractivity contribution >= 4 is 11.7 Å². The Bertz CT molecular complexity index is 869. The van der Waals surface area contributed by atoms with Crippen LogP contribution in [0.5, 0.6) is 17.2 Å². The molecule has 0 amide bonds. The van der Waals surface area contributed by atoms with E-state index in [0.29, 0.717) is 11.5 Å². The van der Waals surface area contributed by atoms with Crippen LogP contribution >= 0.6 is 0 Å². The zero-order valence-corrected chi connectivity index (χ0v) is 14.0. The van der Waals surface area contributed by atoms with E-state index in [1.165, 1.54) is 7.11 Å². The summed E-state index contributed by atoms with van der Waals surface area (Å²) >= 11 is 0. The maximum absolute atomic E-state index is 13.4. The first-order chi connectivity index (χ1) is 12.1. The lowest BCUT2D eigenvalue weighted by Crippen LogP contribution is -1.92. The molecule has 0 aromatic heterocycles. The van der Waals surface area contributed by atoms with Crippen LogP contribution in [-0.4, -0.2) is 27.3 Å². The zero-order chi connectivity index (χ0) is 18.2. The molecule has 0 N–H and O–H groups in total. The van der Waals surface area contributed by atoms with Gasteiger partial charge in [0.1, 0.15) is 34.8 Å². The third kappa shape index (κ3) is 4.34. The Hall–Kier alpha value is -3.36. The molecule has 128 valence electrons. The number of ether oxygens (including phenoxy) is 3. The molecule has 0 fully saturated rings. The number of hydrogen-bond acceptors (Lipinski definition) is 6. The van der Waals surface area contributed by atoms with Crippen molar-refractivity contribution in [2.45, 2.75) is 6.54 Å². The molecular formula is C18H16FN3O3. The van der Waals surface area contributed by atoms with Crippen LogP contribution in [0.3, 0.4) is 0 Å². The molecule has 0 radical (unpaired) electrons. The molecule has 0 aliphatic carbocycles. The second-order valence-corrected chi connectivity index (χ2v) is 4.82. The Morgan fingerprint density at radius 1 is 1.04 bits per heavy atom. The fraction of sp³-hybridized carbons (Fsp3) is 0.222. The first-order valence-electron chi connectivity index (χ1n) is 7.23. The average molecular weight is 341 g/mol. The van der Waals surface area contributed by atoms with Crippen molar-refractivity contribution < 1.29 is 18.6 Å². The highest BCUT2D eigenvalue weighted by Crippen LogP contribution is 2.32. The van der Waals surface area contributed by atoms with E-state index in [1.807, 2.05) is 12.1 Å². The highest BCUT2D eigenvalue weighted by atomic mass is 19.1. The third-order valence-corrected chi connectivity index (χ3v) is 3.36. The van der Waals surface area contributed by atoms with E-state index in [0.717, 1.165) is 17.7 Å². The Labute approximate surface area is 144 Å². The predicted octanol–water partition coefficient (Wildman–Crippen LogP) is 3.73. The summed E-state index contributed by atoms with van der Waals surface area (Å²) in [6, 6.07) is 12.0. The van der Waals surface area contributed by atoms with Gasteiger partial charge in [0.25, 0.3) is 0 Å². The third-order valence-electron chi connectivity index (χ3n) is 3.36. The topological polar surface area (TPSA) is 76.2 Å². The summed E-state index contributed by atoms with van der Waals surface area (Å²) in [7, 11) is 4.50. The van der Waals surface area contributed by atoms with E-state index in [2.05, 4.69) is 16.0 Å². The molecule has 25 heavy (non-hydrogen) atoms. The summed E-state index contributed by atoms with van der Waals surface area (Å²) in [5.41, 5.74) is 1.04. The van der Waals surface area contributed by atoms with Crippen molar-refractivity contribution in [2.75, 3.05) is 21.3 Å². The summed E-state index contributed by atoms with van der Waals surface area (Å²) in [4.78, 5) is 8.07. The Morgan fingerprint density at radius 2 is 1.80 bits per heavy atom. The highest BCUT2D eigenvalue weighted by Gasteiger charge is 2.10. The maximum Gasteiger partial charge on any atom is 0.149 e. The molecule has 2 aromatic carbocycles. The number of aliphatic imine (C=N–C) groups is 2. The Kier molecular flexibility index (Phi) is 6.10. The van der Waals surface area contributed by atoms with E-state index >= 15 is 0 Å². The van der Waals surface area contributed by atoms with Gasteiger partial charge in [-0.3, -0.25) is 0 Å². The van der Waals surface area contributed by atoms with Crippen molar-refractivity contribution in [3.05, 3.63) is 47.3 Å². The van der Waals surface area contributed by atoms with Gasteiger partial charge in [-0.1, -0.05) is 0 Å². The molecule has 0 aliphatic rings. The van der Waals surface area contributed by atoms with Gasteiger partial charge >= 0.3 is 0 Å². The van der Waals surface area contributed by atoms with Crippen molar-refractivity contribution in [3.63, 3.8) is 0 Å². The molecule has 0 atom stereocenters. The molecule has 2 aromatic rings. The quantitative estimate of drug-likeness (QED) is 0.750. The van der Waals surface area contributed by atoms with Crippen LogP contribution in [0.2, 0.25) is 0 Å². The van der Waals surface area contributed by atoms with Crippen LogP contribution in [0.4, 0.5) is 10.1 Å². The van der Waals surface area contributed by atoms with Crippen LogP contribution in [0, 0.1) is 17.1 Å². The SMILES string of the molecule is COc1ccc(CN=C=Nc2c(C#N)cc(F)cc2OC)c(OC)c1. The molecule has 0 unspecified atom stereocenters. The lowest BCUT2D eigenvalue weighted by atomic mass is 10.2. The van der Waals surface area contributed by atoms with Gasteiger partial charge in [-0.25, -0.2) is 9.38 Å².